The fourth-order valence-corrected chi connectivity index (χ4v) is 4.14. The topological polar surface area (TPSA) is 162 Å². The second-order valence-corrected chi connectivity index (χ2v) is 8.79. The molecule has 10 N–H and O–H groups in total. The molecule has 0 unspecified atom stereocenters. The van der Waals surface area contributed by atoms with Crippen molar-refractivity contribution < 1.29 is 9.59 Å². The molecule has 0 saturated carbocycles. The summed E-state index contributed by atoms with van der Waals surface area (Å²) >= 11 is 1.76. The van der Waals surface area contributed by atoms with Gasteiger partial charge in [-0.05, 0) is 83.1 Å². The number of hydrogen-bond donors (Lipinski definition) is 6. The van der Waals surface area contributed by atoms with E-state index in [0.29, 0.717) is 39.0 Å². The molecule has 1 heterocycles. The Kier molecular flexibility index (Phi) is 14.3. The molecule has 1 aromatic rings. The summed E-state index contributed by atoms with van der Waals surface area (Å²) in [6.07, 6.45) is 7.05. The maximum Gasteiger partial charge on any atom is 0.242 e. The van der Waals surface area contributed by atoms with Crippen LogP contribution < -0.4 is 33.6 Å². The molecule has 0 aliphatic heterocycles. The van der Waals surface area contributed by atoms with Crippen LogP contribution >= 0.6 is 11.3 Å². The van der Waals surface area contributed by atoms with Gasteiger partial charge in [0.05, 0.1) is 6.04 Å². The second-order valence-electron chi connectivity index (χ2n) is 7.54. The molecule has 8 nitrogen and oxygen atoms in total. The lowest BCUT2D eigenvalue weighted by Crippen LogP contribution is -2.51. The number of nitrogens with two attached hydrogens (primary N) is 4. The maximum atomic E-state index is 12.7. The first-order chi connectivity index (χ1) is 14.5. The minimum Gasteiger partial charge on any atom is -0.354 e. The maximum absolute atomic E-state index is 12.7. The van der Waals surface area contributed by atoms with Crippen LogP contribution in [0.5, 0.6) is 0 Å². The SMILES string of the molecule is NCCCC[C@H](NC(=O)[C@@H](N)CCCCN)C(=O)NCCc1ccc(CCCN)s1. The van der Waals surface area contributed by atoms with E-state index in [-0.39, 0.29) is 11.8 Å². The number of nitrogens with one attached hydrogen (secondary N) is 2. The molecular weight excluding hydrogens is 400 g/mol. The Morgan fingerprint density at radius 3 is 2.07 bits per heavy atom. The molecule has 2 atom stereocenters. The Morgan fingerprint density at radius 2 is 1.43 bits per heavy atom. The molecule has 0 spiro atoms. The fraction of sp³-hybridized carbons (Fsp3) is 0.714. The van der Waals surface area contributed by atoms with E-state index in [1.807, 2.05) is 0 Å². The van der Waals surface area contributed by atoms with Crippen LogP contribution in [-0.2, 0) is 22.4 Å². The van der Waals surface area contributed by atoms with Gasteiger partial charge in [0.1, 0.15) is 6.04 Å². The first kappa shape index (κ1) is 26.5. The van der Waals surface area contributed by atoms with E-state index >= 15 is 0 Å². The highest BCUT2D eigenvalue weighted by Gasteiger charge is 2.23. The molecular formula is C21H40N6O2S. The van der Waals surface area contributed by atoms with Crippen LogP contribution in [0.3, 0.4) is 0 Å². The van der Waals surface area contributed by atoms with E-state index in [1.54, 1.807) is 11.3 Å². The monoisotopic (exact) mass is 440 g/mol. The Labute approximate surface area is 184 Å². The van der Waals surface area contributed by atoms with Gasteiger partial charge in [0.25, 0.3) is 0 Å². The lowest BCUT2D eigenvalue weighted by Gasteiger charge is -2.20. The van der Waals surface area contributed by atoms with Crippen molar-refractivity contribution in [2.24, 2.45) is 22.9 Å². The summed E-state index contributed by atoms with van der Waals surface area (Å²) in [6, 6.07) is 3.01. The number of thiophene rings is 1. The minimum atomic E-state index is -0.626. The van der Waals surface area contributed by atoms with Crippen LogP contribution in [0, 0.1) is 0 Å². The molecule has 0 radical (unpaired) electrons. The zero-order valence-corrected chi connectivity index (χ0v) is 18.9. The molecule has 30 heavy (non-hydrogen) atoms. The summed E-state index contributed by atoms with van der Waals surface area (Å²) in [7, 11) is 0. The predicted octanol–water partition coefficient (Wildman–Crippen LogP) is 0.368. The van der Waals surface area contributed by atoms with Crippen molar-refractivity contribution in [3.8, 4) is 0 Å². The Bertz CT molecular complexity index is 610. The summed E-state index contributed by atoms with van der Waals surface area (Å²) in [5, 5.41) is 5.77. The highest BCUT2D eigenvalue weighted by molar-refractivity contribution is 7.11. The lowest BCUT2D eigenvalue weighted by atomic mass is 10.1. The summed E-state index contributed by atoms with van der Waals surface area (Å²) in [5.74, 6) is -0.461. The first-order valence-corrected chi connectivity index (χ1v) is 11.8. The molecule has 0 aromatic carbocycles. The van der Waals surface area contributed by atoms with Crippen molar-refractivity contribution in [3.05, 3.63) is 21.9 Å². The minimum absolute atomic E-state index is 0.172. The molecule has 0 fully saturated rings. The molecule has 1 aromatic heterocycles. The van der Waals surface area contributed by atoms with Gasteiger partial charge in [0.2, 0.25) is 11.8 Å². The highest BCUT2D eigenvalue weighted by atomic mass is 32.1. The second kappa shape index (κ2) is 16.2. The fourth-order valence-electron chi connectivity index (χ4n) is 3.08. The van der Waals surface area contributed by atoms with Crippen LogP contribution in [0.4, 0.5) is 0 Å². The zero-order chi connectivity index (χ0) is 22.2. The van der Waals surface area contributed by atoms with E-state index in [0.717, 1.165) is 44.9 Å². The molecule has 2 amide bonds. The van der Waals surface area contributed by atoms with Crippen LogP contribution in [-0.4, -0.2) is 50.1 Å². The molecule has 1 rings (SSSR count). The van der Waals surface area contributed by atoms with E-state index in [4.69, 9.17) is 22.9 Å². The Balaban J connectivity index is 2.50. The molecule has 0 bridgehead atoms. The number of hydrogen-bond acceptors (Lipinski definition) is 7. The lowest BCUT2D eigenvalue weighted by molar-refractivity contribution is -0.129. The van der Waals surface area contributed by atoms with Gasteiger partial charge >= 0.3 is 0 Å². The molecule has 0 aliphatic carbocycles. The van der Waals surface area contributed by atoms with E-state index < -0.39 is 12.1 Å². The van der Waals surface area contributed by atoms with E-state index in [2.05, 4.69) is 22.8 Å². The van der Waals surface area contributed by atoms with Crippen molar-refractivity contribution in [2.75, 3.05) is 26.2 Å². The summed E-state index contributed by atoms with van der Waals surface area (Å²) < 4.78 is 0. The van der Waals surface area contributed by atoms with Crippen LogP contribution in [0.25, 0.3) is 0 Å². The van der Waals surface area contributed by atoms with Gasteiger partial charge in [-0.25, -0.2) is 0 Å². The Hall–Kier alpha value is -1.52. The predicted molar refractivity (Wildman–Crippen MR) is 124 cm³/mol. The summed E-state index contributed by atoms with van der Waals surface area (Å²) in [4.78, 5) is 27.6. The zero-order valence-electron chi connectivity index (χ0n) is 18.0. The van der Waals surface area contributed by atoms with Crippen molar-refractivity contribution in [2.45, 2.75) is 69.9 Å². The number of carbonyl (C=O) groups is 2. The molecule has 9 heteroatoms. The summed E-state index contributed by atoms with van der Waals surface area (Å²) in [5.41, 5.74) is 22.6. The average Bonchev–Trinajstić information content (AvgIpc) is 3.19. The number of amides is 2. The Morgan fingerprint density at radius 1 is 0.833 bits per heavy atom. The van der Waals surface area contributed by atoms with E-state index in [9.17, 15) is 9.59 Å². The highest BCUT2D eigenvalue weighted by Crippen LogP contribution is 2.18. The quantitative estimate of drug-likeness (QED) is 0.192. The van der Waals surface area contributed by atoms with Gasteiger partial charge in [0, 0.05) is 16.3 Å². The van der Waals surface area contributed by atoms with Gasteiger partial charge in [-0.2, -0.15) is 0 Å². The van der Waals surface area contributed by atoms with Gasteiger partial charge in [-0.15, -0.1) is 11.3 Å². The summed E-state index contributed by atoms with van der Waals surface area (Å²) in [6.45, 7) is 2.36. The van der Waals surface area contributed by atoms with Gasteiger partial charge in [0.15, 0.2) is 0 Å². The van der Waals surface area contributed by atoms with Crippen molar-refractivity contribution >= 4 is 23.2 Å². The first-order valence-electron chi connectivity index (χ1n) is 11.0. The number of carbonyl (C=O) groups excluding carboxylic acids is 2. The van der Waals surface area contributed by atoms with Crippen LogP contribution in [0.15, 0.2) is 12.1 Å². The van der Waals surface area contributed by atoms with E-state index in [1.165, 1.54) is 9.75 Å². The average molecular weight is 441 g/mol. The van der Waals surface area contributed by atoms with Gasteiger partial charge < -0.3 is 33.6 Å². The van der Waals surface area contributed by atoms with Gasteiger partial charge in [-0.1, -0.05) is 6.42 Å². The normalized spacial score (nSPS) is 13.1. The van der Waals surface area contributed by atoms with Crippen molar-refractivity contribution in [3.63, 3.8) is 0 Å². The van der Waals surface area contributed by atoms with Crippen LogP contribution in [0.2, 0.25) is 0 Å². The standard InChI is InChI=1S/C21H40N6O2S/c22-12-3-1-7-18(25)20(28)27-19(8-2-4-13-23)21(29)26-15-11-17-10-9-16(30-17)6-5-14-24/h9-10,18-19H,1-8,11-15,22-25H2,(H,26,29)(H,27,28)/t18-,19-/m0/s1. The molecule has 0 saturated heterocycles. The molecule has 0 aliphatic rings. The third-order valence-electron chi connectivity index (χ3n) is 4.90. The third kappa shape index (κ3) is 11.0. The smallest absolute Gasteiger partial charge is 0.242 e. The molecule has 172 valence electrons. The largest absolute Gasteiger partial charge is 0.354 e. The van der Waals surface area contributed by atoms with Crippen LogP contribution in [0.1, 0.15) is 54.7 Å². The van der Waals surface area contributed by atoms with Crippen molar-refractivity contribution in [1.82, 2.24) is 10.6 Å². The van der Waals surface area contributed by atoms with Crippen molar-refractivity contribution in [1.29, 1.82) is 0 Å². The number of unbranched alkanes of at least 4 members (excludes halogenated alkanes) is 2. The van der Waals surface area contributed by atoms with Gasteiger partial charge in [-0.3, -0.25) is 9.59 Å². The third-order valence-corrected chi connectivity index (χ3v) is 6.11. The number of rotatable bonds is 17. The number of aryl methyl sites for hydroxylation is 1.